The number of hydrogen-bond acceptors (Lipinski definition) is 8. The molecule has 1 aliphatic carbocycles. The van der Waals surface area contributed by atoms with E-state index in [1.54, 1.807) is 0 Å². The summed E-state index contributed by atoms with van der Waals surface area (Å²) in [7, 11) is 0. The molecular weight excluding hydrogens is 434 g/mol. The van der Waals surface area contributed by atoms with Crippen molar-refractivity contribution in [1.82, 2.24) is 35.6 Å². The summed E-state index contributed by atoms with van der Waals surface area (Å²) in [6.07, 6.45) is 5.70. The summed E-state index contributed by atoms with van der Waals surface area (Å²) in [5.74, 6) is 1.78. The molecule has 1 amide bonds. The SMILES string of the molecule is CCc1cc(CNC2(c3nnnn3C3CCCC3)CC(C(C)C)N(C(=O)OC(C)(C)C)C2)on1. The largest absolute Gasteiger partial charge is 0.444 e. The van der Waals surface area contributed by atoms with E-state index < -0.39 is 11.1 Å². The molecule has 2 aliphatic rings. The Bertz CT molecular complexity index is 973. The number of aryl methyl sites for hydroxylation is 1. The number of ether oxygens (including phenoxy) is 1. The average Bonchev–Trinajstić information content (AvgIpc) is 3.56. The minimum absolute atomic E-state index is 0.0167. The quantitative estimate of drug-likeness (QED) is 0.643. The van der Waals surface area contributed by atoms with Crippen molar-refractivity contribution in [3.05, 3.63) is 23.3 Å². The van der Waals surface area contributed by atoms with Crippen molar-refractivity contribution in [3.63, 3.8) is 0 Å². The Morgan fingerprint density at radius 2 is 2.06 bits per heavy atom. The number of hydrogen-bond donors (Lipinski definition) is 1. The van der Waals surface area contributed by atoms with Gasteiger partial charge in [0.2, 0.25) is 0 Å². The topological polar surface area (TPSA) is 111 Å². The van der Waals surface area contributed by atoms with Crippen LogP contribution in [0.2, 0.25) is 0 Å². The Morgan fingerprint density at radius 1 is 1.32 bits per heavy atom. The van der Waals surface area contributed by atoms with Crippen molar-refractivity contribution in [2.24, 2.45) is 5.92 Å². The second-order valence-electron chi connectivity index (χ2n) is 11.1. The molecule has 188 valence electrons. The molecule has 4 rings (SSSR count). The van der Waals surface area contributed by atoms with Crippen LogP contribution in [0.15, 0.2) is 10.6 Å². The van der Waals surface area contributed by atoms with Crippen molar-refractivity contribution in [3.8, 4) is 0 Å². The van der Waals surface area contributed by atoms with E-state index >= 15 is 0 Å². The van der Waals surface area contributed by atoms with Crippen LogP contribution in [0.3, 0.4) is 0 Å². The van der Waals surface area contributed by atoms with E-state index in [2.05, 4.69) is 46.8 Å². The van der Waals surface area contributed by atoms with Gasteiger partial charge >= 0.3 is 6.09 Å². The van der Waals surface area contributed by atoms with Crippen molar-refractivity contribution < 1.29 is 14.1 Å². The van der Waals surface area contributed by atoms with Gasteiger partial charge < -0.3 is 14.2 Å². The van der Waals surface area contributed by atoms with Crippen LogP contribution in [-0.4, -0.2) is 54.5 Å². The fourth-order valence-electron chi connectivity index (χ4n) is 5.19. The van der Waals surface area contributed by atoms with Crippen LogP contribution in [0.5, 0.6) is 0 Å². The van der Waals surface area contributed by atoms with Crippen molar-refractivity contribution in [1.29, 1.82) is 0 Å². The number of carbonyl (C=O) groups excluding carboxylic acids is 1. The lowest BCUT2D eigenvalue weighted by atomic mass is 9.90. The predicted octanol–water partition coefficient (Wildman–Crippen LogP) is 3.99. The van der Waals surface area contributed by atoms with Crippen molar-refractivity contribution in [2.45, 2.75) is 110 Å². The number of nitrogens with one attached hydrogen (secondary N) is 1. The highest BCUT2D eigenvalue weighted by Crippen LogP contribution is 2.41. The minimum atomic E-state index is -0.628. The van der Waals surface area contributed by atoms with Crippen LogP contribution in [0.25, 0.3) is 0 Å². The molecule has 10 heteroatoms. The van der Waals surface area contributed by atoms with Crippen LogP contribution < -0.4 is 5.32 Å². The molecule has 10 nitrogen and oxygen atoms in total. The minimum Gasteiger partial charge on any atom is -0.444 e. The van der Waals surface area contributed by atoms with Gasteiger partial charge in [-0.15, -0.1) is 5.10 Å². The van der Waals surface area contributed by atoms with Gasteiger partial charge in [0.1, 0.15) is 11.1 Å². The first-order valence-electron chi connectivity index (χ1n) is 12.6. The zero-order chi connectivity index (χ0) is 24.5. The number of tetrazole rings is 1. The number of aromatic nitrogens is 5. The maximum Gasteiger partial charge on any atom is 0.410 e. The first-order valence-corrected chi connectivity index (χ1v) is 12.6. The molecule has 2 atom stereocenters. The van der Waals surface area contributed by atoms with Crippen LogP contribution >= 0.6 is 0 Å². The molecule has 34 heavy (non-hydrogen) atoms. The zero-order valence-corrected chi connectivity index (χ0v) is 21.4. The molecular formula is C24H39N7O3. The number of carbonyl (C=O) groups is 1. The Balaban J connectivity index is 1.69. The Labute approximate surface area is 201 Å². The Hall–Kier alpha value is -2.49. The summed E-state index contributed by atoms with van der Waals surface area (Å²) >= 11 is 0. The molecule has 1 saturated carbocycles. The van der Waals surface area contributed by atoms with Crippen LogP contribution in [-0.2, 0) is 23.2 Å². The molecule has 0 aromatic carbocycles. The summed E-state index contributed by atoms with van der Waals surface area (Å²) in [5, 5.41) is 20.8. The van der Waals surface area contributed by atoms with Crippen LogP contribution in [0, 0.1) is 5.92 Å². The van der Waals surface area contributed by atoms with E-state index in [-0.39, 0.29) is 24.1 Å². The third-order valence-electron chi connectivity index (χ3n) is 6.96. The predicted molar refractivity (Wildman–Crippen MR) is 126 cm³/mol. The molecule has 2 aromatic heterocycles. The molecule has 2 unspecified atom stereocenters. The van der Waals surface area contributed by atoms with Crippen LogP contribution in [0.1, 0.15) is 97.0 Å². The van der Waals surface area contributed by atoms with Gasteiger partial charge in [-0.3, -0.25) is 5.32 Å². The van der Waals surface area contributed by atoms with Gasteiger partial charge in [-0.2, -0.15) is 0 Å². The van der Waals surface area contributed by atoms with Crippen LogP contribution in [0.4, 0.5) is 4.79 Å². The average molecular weight is 474 g/mol. The van der Waals surface area contributed by atoms with Crippen molar-refractivity contribution in [2.75, 3.05) is 6.54 Å². The summed E-state index contributed by atoms with van der Waals surface area (Å²) in [5.41, 5.74) is -0.278. The second kappa shape index (κ2) is 9.64. The van der Waals surface area contributed by atoms with E-state index in [9.17, 15) is 4.79 Å². The van der Waals surface area contributed by atoms with Gasteiger partial charge in [-0.1, -0.05) is 38.8 Å². The first kappa shape index (κ1) is 24.6. The summed E-state index contributed by atoms with van der Waals surface area (Å²) in [6.45, 7) is 12.9. The van der Waals surface area contributed by atoms with Gasteiger partial charge in [-0.05, 0) is 62.8 Å². The number of amides is 1. The summed E-state index contributed by atoms with van der Waals surface area (Å²) < 4.78 is 13.3. The fraction of sp³-hybridized carbons (Fsp3) is 0.792. The highest BCUT2D eigenvalue weighted by atomic mass is 16.6. The van der Waals surface area contributed by atoms with E-state index in [0.29, 0.717) is 19.5 Å². The van der Waals surface area contributed by atoms with Gasteiger partial charge in [0, 0.05) is 18.7 Å². The van der Waals surface area contributed by atoms with E-state index in [1.807, 2.05) is 36.4 Å². The molecule has 1 saturated heterocycles. The van der Waals surface area contributed by atoms with E-state index in [0.717, 1.165) is 36.5 Å². The van der Waals surface area contributed by atoms with Gasteiger partial charge in [0.05, 0.1) is 18.3 Å². The molecule has 2 aromatic rings. The molecule has 3 heterocycles. The highest BCUT2D eigenvalue weighted by molar-refractivity contribution is 5.69. The number of rotatable bonds is 7. The van der Waals surface area contributed by atoms with E-state index in [4.69, 9.17) is 9.26 Å². The molecule has 0 radical (unpaired) electrons. The lowest BCUT2D eigenvalue weighted by Gasteiger charge is -2.31. The Morgan fingerprint density at radius 3 is 2.68 bits per heavy atom. The smallest absolute Gasteiger partial charge is 0.410 e. The first-order chi connectivity index (χ1) is 16.1. The number of likely N-dealkylation sites (tertiary alicyclic amines) is 1. The molecule has 0 spiro atoms. The number of nitrogens with zero attached hydrogens (tertiary/aromatic N) is 6. The zero-order valence-electron chi connectivity index (χ0n) is 21.4. The summed E-state index contributed by atoms with van der Waals surface area (Å²) in [4.78, 5) is 15.1. The fourth-order valence-corrected chi connectivity index (χ4v) is 5.19. The normalized spacial score (nSPS) is 23.9. The second-order valence-corrected chi connectivity index (χ2v) is 11.1. The van der Waals surface area contributed by atoms with Crippen molar-refractivity contribution >= 4 is 6.09 Å². The lowest BCUT2D eigenvalue weighted by Crippen LogP contribution is -2.48. The maximum absolute atomic E-state index is 13.3. The van der Waals surface area contributed by atoms with Gasteiger partial charge in [-0.25, -0.2) is 9.48 Å². The molecule has 0 bridgehead atoms. The standard InChI is InChI=1S/C24H39N7O3/c1-7-17-12-19(34-27-17)14-25-24(21-26-28-29-31(21)18-10-8-9-11-18)13-20(16(2)3)30(15-24)22(32)33-23(4,5)6/h12,16,18,20,25H,7-11,13-15H2,1-6H3. The maximum atomic E-state index is 13.3. The Kier molecular flexibility index (Phi) is 6.98. The summed E-state index contributed by atoms with van der Waals surface area (Å²) in [6, 6.07) is 2.24. The van der Waals surface area contributed by atoms with Gasteiger partial charge in [0.15, 0.2) is 11.6 Å². The van der Waals surface area contributed by atoms with E-state index in [1.165, 1.54) is 12.8 Å². The highest BCUT2D eigenvalue weighted by Gasteiger charge is 2.52. The monoisotopic (exact) mass is 473 g/mol. The third-order valence-corrected chi connectivity index (χ3v) is 6.96. The molecule has 2 fully saturated rings. The van der Waals surface area contributed by atoms with Gasteiger partial charge in [0.25, 0.3) is 0 Å². The lowest BCUT2D eigenvalue weighted by molar-refractivity contribution is 0.0180. The molecule has 1 aliphatic heterocycles. The third kappa shape index (κ3) is 5.11. The molecule has 1 N–H and O–H groups in total.